The highest BCUT2D eigenvalue weighted by Gasteiger charge is 2.17. The Morgan fingerprint density at radius 2 is 1.83 bits per heavy atom. The highest BCUT2D eigenvalue weighted by molar-refractivity contribution is 7.10. The number of thiophene rings is 1. The standard InChI is InChI=1S/C16H15NS/c1-12-6-8-13(9-7-12)16(14-4-2-10-17-14)15-5-3-11-18-15/h2-11,16-17H,1H3. The molecule has 0 aliphatic carbocycles. The first-order valence-electron chi connectivity index (χ1n) is 6.08. The maximum absolute atomic E-state index is 3.35. The zero-order chi connectivity index (χ0) is 12.4. The zero-order valence-electron chi connectivity index (χ0n) is 10.3. The summed E-state index contributed by atoms with van der Waals surface area (Å²) in [5, 5.41) is 2.14. The quantitative estimate of drug-likeness (QED) is 0.704. The molecule has 2 heterocycles. The molecule has 0 spiro atoms. The monoisotopic (exact) mass is 253 g/mol. The van der Waals surface area contributed by atoms with Gasteiger partial charge in [0.2, 0.25) is 0 Å². The molecule has 18 heavy (non-hydrogen) atoms. The molecule has 90 valence electrons. The molecule has 3 rings (SSSR count). The van der Waals surface area contributed by atoms with Crippen molar-refractivity contribution in [1.29, 1.82) is 0 Å². The maximum Gasteiger partial charge on any atom is 0.0584 e. The highest BCUT2D eigenvalue weighted by Crippen LogP contribution is 2.33. The minimum Gasteiger partial charge on any atom is -0.364 e. The Bertz CT molecular complexity index is 557. The second-order valence-electron chi connectivity index (χ2n) is 4.48. The molecule has 1 unspecified atom stereocenters. The third kappa shape index (κ3) is 2.12. The van der Waals surface area contributed by atoms with Crippen LogP contribution in [0.15, 0.2) is 60.1 Å². The molecular formula is C16H15NS. The van der Waals surface area contributed by atoms with Crippen LogP contribution in [0.25, 0.3) is 0 Å². The van der Waals surface area contributed by atoms with Crippen LogP contribution in [0.2, 0.25) is 0 Å². The van der Waals surface area contributed by atoms with Crippen LogP contribution >= 0.6 is 11.3 Å². The highest BCUT2D eigenvalue weighted by atomic mass is 32.1. The number of benzene rings is 1. The van der Waals surface area contributed by atoms with Crippen LogP contribution in [-0.4, -0.2) is 4.98 Å². The summed E-state index contributed by atoms with van der Waals surface area (Å²) >= 11 is 1.81. The van der Waals surface area contributed by atoms with Crippen LogP contribution in [0.3, 0.4) is 0 Å². The fraction of sp³-hybridized carbons (Fsp3) is 0.125. The van der Waals surface area contributed by atoms with E-state index < -0.39 is 0 Å². The van der Waals surface area contributed by atoms with Gasteiger partial charge in [0.15, 0.2) is 0 Å². The van der Waals surface area contributed by atoms with E-state index in [-0.39, 0.29) is 0 Å². The summed E-state index contributed by atoms with van der Waals surface area (Å²) in [4.78, 5) is 4.72. The Kier molecular flexibility index (Phi) is 3.03. The first-order valence-corrected chi connectivity index (χ1v) is 6.96. The summed E-state index contributed by atoms with van der Waals surface area (Å²) in [6, 6.07) is 17.3. The van der Waals surface area contributed by atoms with E-state index >= 15 is 0 Å². The van der Waals surface area contributed by atoms with Gasteiger partial charge in [-0.05, 0) is 36.1 Å². The molecule has 0 aliphatic rings. The molecule has 0 fully saturated rings. The van der Waals surface area contributed by atoms with Crippen LogP contribution in [0, 0.1) is 6.92 Å². The van der Waals surface area contributed by atoms with E-state index in [2.05, 4.69) is 65.8 Å². The predicted octanol–water partition coefficient (Wildman–Crippen LogP) is 4.56. The van der Waals surface area contributed by atoms with Gasteiger partial charge in [-0.15, -0.1) is 11.3 Å². The lowest BCUT2D eigenvalue weighted by atomic mass is 9.93. The van der Waals surface area contributed by atoms with Crippen LogP contribution in [0.4, 0.5) is 0 Å². The van der Waals surface area contributed by atoms with Crippen molar-refractivity contribution < 1.29 is 0 Å². The maximum atomic E-state index is 3.35. The summed E-state index contributed by atoms with van der Waals surface area (Å²) < 4.78 is 0. The molecule has 0 saturated heterocycles. The second kappa shape index (κ2) is 4.83. The Labute approximate surface area is 111 Å². The number of nitrogens with one attached hydrogen (secondary N) is 1. The van der Waals surface area contributed by atoms with E-state index in [1.54, 1.807) is 0 Å². The number of hydrogen-bond donors (Lipinski definition) is 1. The smallest absolute Gasteiger partial charge is 0.0584 e. The molecule has 0 aliphatic heterocycles. The van der Waals surface area contributed by atoms with Gasteiger partial charge in [0.05, 0.1) is 5.92 Å². The molecular weight excluding hydrogens is 238 g/mol. The minimum atomic E-state index is 0.320. The Hall–Kier alpha value is -1.80. The van der Waals surface area contributed by atoms with Crippen molar-refractivity contribution >= 4 is 11.3 Å². The largest absolute Gasteiger partial charge is 0.364 e. The average Bonchev–Trinajstić information content (AvgIpc) is 3.06. The van der Waals surface area contributed by atoms with Crippen LogP contribution < -0.4 is 0 Å². The van der Waals surface area contributed by atoms with Crippen molar-refractivity contribution in [1.82, 2.24) is 4.98 Å². The molecule has 2 aromatic heterocycles. The van der Waals surface area contributed by atoms with Gasteiger partial charge in [-0.1, -0.05) is 35.9 Å². The van der Waals surface area contributed by atoms with Gasteiger partial charge in [-0.3, -0.25) is 0 Å². The Morgan fingerprint density at radius 3 is 2.44 bits per heavy atom. The number of rotatable bonds is 3. The Morgan fingerprint density at radius 1 is 1.00 bits per heavy atom. The number of aromatic nitrogens is 1. The van der Waals surface area contributed by atoms with Crippen LogP contribution in [0.1, 0.15) is 27.6 Å². The van der Waals surface area contributed by atoms with E-state index in [0.717, 1.165) is 0 Å². The van der Waals surface area contributed by atoms with E-state index in [4.69, 9.17) is 0 Å². The topological polar surface area (TPSA) is 15.8 Å². The molecule has 2 heteroatoms. The molecule has 1 atom stereocenters. The normalized spacial score (nSPS) is 12.5. The van der Waals surface area contributed by atoms with Crippen molar-refractivity contribution in [3.05, 3.63) is 81.8 Å². The number of hydrogen-bond acceptors (Lipinski definition) is 1. The van der Waals surface area contributed by atoms with Gasteiger partial charge < -0.3 is 4.98 Å². The van der Waals surface area contributed by atoms with Gasteiger partial charge >= 0.3 is 0 Å². The fourth-order valence-corrected chi connectivity index (χ4v) is 3.11. The summed E-state index contributed by atoms with van der Waals surface area (Å²) in [5.41, 5.74) is 3.89. The molecule has 0 bridgehead atoms. The molecule has 1 nitrogen and oxygen atoms in total. The molecule has 3 aromatic rings. The number of aryl methyl sites for hydroxylation is 1. The molecule has 0 saturated carbocycles. The zero-order valence-corrected chi connectivity index (χ0v) is 11.1. The minimum absolute atomic E-state index is 0.320. The number of aromatic amines is 1. The average molecular weight is 253 g/mol. The molecule has 0 radical (unpaired) electrons. The lowest BCUT2D eigenvalue weighted by Gasteiger charge is -2.15. The molecule has 0 amide bonds. The van der Waals surface area contributed by atoms with Crippen molar-refractivity contribution in [2.75, 3.05) is 0 Å². The van der Waals surface area contributed by atoms with Gasteiger partial charge in [0.25, 0.3) is 0 Å². The van der Waals surface area contributed by atoms with Gasteiger partial charge in [0, 0.05) is 16.8 Å². The summed E-state index contributed by atoms with van der Waals surface area (Å²) in [5.74, 6) is 0.320. The van der Waals surface area contributed by atoms with Gasteiger partial charge in [-0.2, -0.15) is 0 Å². The van der Waals surface area contributed by atoms with Gasteiger partial charge in [-0.25, -0.2) is 0 Å². The molecule has 1 aromatic carbocycles. The Balaban J connectivity index is 2.08. The van der Waals surface area contributed by atoms with E-state index in [1.807, 2.05) is 17.5 Å². The van der Waals surface area contributed by atoms with Crippen molar-refractivity contribution in [2.45, 2.75) is 12.8 Å². The third-order valence-corrected chi connectivity index (χ3v) is 4.11. The van der Waals surface area contributed by atoms with Crippen molar-refractivity contribution in [2.24, 2.45) is 0 Å². The summed E-state index contributed by atoms with van der Waals surface area (Å²) in [6.07, 6.45) is 1.99. The fourth-order valence-electron chi connectivity index (χ4n) is 2.24. The molecule has 1 N–H and O–H groups in total. The van der Waals surface area contributed by atoms with Gasteiger partial charge in [0.1, 0.15) is 0 Å². The van der Waals surface area contributed by atoms with E-state index in [1.165, 1.54) is 21.7 Å². The summed E-state index contributed by atoms with van der Waals surface area (Å²) in [6.45, 7) is 2.12. The third-order valence-electron chi connectivity index (χ3n) is 3.17. The predicted molar refractivity (Wildman–Crippen MR) is 77.2 cm³/mol. The van der Waals surface area contributed by atoms with Crippen molar-refractivity contribution in [3.63, 3.8) is 0 Å². The van der Waals surface area contributed by atoms with Crippen LogP contribution in [0.5, 0.6) is 0 Å². The lowest BCUT2D eigenvalue weighted by molar-refractivity contribution is 0.954. The number of H-pyrrole nitrogens is 1. The second-order valence-corrected chi connectivity index (χ2v) is 5.46. The van der Waals surface area contributed by atoms with Crippen molar-refractivity contribution in [3.8, 4) is 0 Å². The SMILES string of the molecule is Cc1ccc(C(c2ccc[nH]2)c2cccs2)cc1. The van der Waals surface area contributed by atoms with E-state index in [9.17, 15) is 0 Å². The first-order chi connectivity index (χ1) is 8.84. The first kappa shape index (κ1) is 11.3. The van der Waals surface area contributed by atoms with Crippen LogP contribution in [-0.2, 0) is 0 Å². The van der Waals surface area contributed by atoms with E-state index in [0.29, 0.717) is 5.92 Å². The lowest BCUT2D eigenvalue weighted by Crippen LogP contribution is -2.01. The summed E-state index contributed by atoms with van der Waals surface area (Å²) in [7, 11) is 0.